The van der Waals surface area contributed by atoms with E-state index in [1.54, 1.807) is 6.21 Å². The molecule has 0 heterocycles. The van der Waals surface area contributed by atoms with Crippen LogP contribution in [-0.4, -0.2) is 17.4 Å². The zero-order valence-corrected chi connectivity index (χ0v) is 11.6. The van der Waals surface area contributed by atoms with Gasteiger partial charge in [0.05, 0.1) is 6.21 Å². The molecule has 0 aromatic heterocycles. The quantitative estimate of drug-likeness (QED) is 0.512. The van der Waals surface area contributed by atoms with Gasteiger partial charge in [0.1, 0.15) is 0 Å². The van der Waals surface area contributed by atoms with Gasteiger partial charge in [-0.3, -0.25) is 5.43 Å². The second-order valence-corrected chi connectivity index (χ2v) is 4.78. The van der Waals surface area contributed by atoms with Crippen LogP contribution in [0, 0.1) is 0 Å². The largest absolute Gasteiger partial charge is 0.359 e. The minimum Gasteiger partial charge on any atom is -0.359 e. The van der Waals surface area contributed by atoms with Gasteiger partial charge in [-0.15, -0.1) is 0 Å². The van der Waals surface area contributed by atoms with Crippen LogP contribution in [0.15, 0.2) is 33.8 Å². The lowest BCUT2D eigenvalue weighted by molar-refractivity contribution is 0.720. The SMILES string of the molecule is CC(C)NC(=S)N/N=C\c1ccccc1Br. The Hall–Kier alpha value is -0.940. The van der Waals surface area contributed by atoms with Crippen molar-refractivity contribution in [1.82, 2.24) is 10.7 Å². The molecule has 0 saturated heterocycles. The zero-order chi connectivity index (χ0) is 12.0. The molecule has 3 nitrogen and oxygen atoms in total. The summed E-state index contributed by atoms with van der Waals surface area (Å²) in [5, 5.41) is 7.61. The lowest BCUT2D eigenvalue weighted by Crippen LogP contribution is -2.36. The maximum absolute atomic E-state index is 5.03. The van der Waals surface area contributed by atoms with Crippen molar-refractivity contribution in [3.63, 3.8) is 0 Å². The van der Waals surface area contributed by atoms with Crippen LogP contribution in [0.1, 0.15) is 19.4 Å². The second kappa shape index (κ2) is 6.60. The summed E-state index contributed by atoms with van der Waals surface area (Å²) >= 11 is 8.47. The number of rotatable bonds is 3. The normalized spacial score (nSPS) is 10.8. The first-order chi connectivity index (χ1) is 7.59. The number of nitrogens with zero attached hydrogens (tertiary/aromatic N) is 1. The van der Waals surface area contributed by atoms with Crippen molar-refractivity contribution in [2.24, 2.45) is 5.10 Å². The van der Waals surface area contributed by atoms with Gasteiger partial charge in [-0.2, -0.15) is 5.10 Å². The first-order valence-corrected chi connectivity index (χ1v) is 6.14. The van der Waals surface area contributed by atoms with E-state index in [1.807, 2.05) is 38.1 Å². The van der Waals surface area contributed by atoms with Gasteiger partial charge in [0.15, 0.2) is 5.11 Å². The maximum Gasteiger partial charge on any atom is 0.187 e. The highest BCUT2D eigenvalue weighted by molar-refractivity contribution is 9.10. The lowest BCUT2D eigenvalue weighted by Gasteiger charge is -2.09. The van der Waals surface area contributed by atoms with Crippen molar-refractivity contribution in [1.29, 1.82) is 0 Å². The number of hydrazone groups is 1. The first kappa shape index (κ1) is 13.1. The Morgan fingerprint density at radius 2 is 2.12 bits per heavy atom. The zero-order valence-electron chi connectivity index (χ0n) is 9.20. The summed E-state index contributed by atoms with van der Waals surface area (Å²) in [4.78, 5) is 0. The molecule has 5 heteroatoms. The third-order valence-corrected chi connectivity index (χ3v) is 2.63. The van der Waals surface area contributed by atoms with Gasteiger partial charge in [0.25, 0.3) is 0 Å². The number of hydrogen-bond acceptors (Lipinski definition) is 2. The molecule has 0 aliphatic carbocycles. The number of benzene rings is 1. The van der Waals surface area contributed by atoms with E-state index in [2.05, 4.69) is 31.8 Å². The molecule has 0 atom stereocenters. The van der Waals surface area contributed by atoms with Crippen LogP contribution in [0.5, 0.6) is 0 Å². The molecule has 0 bridgehead atoms. The van der Waals surface area contributed by atoms with Crippen LogP contribution < -0.4 is 10.7 Å². The first-order valence-electron chi connectivity index (χ1n) is 4.93. The number of thiocarbonyl (C=S) groups is 1. The molecule has 1 rings (SSSR count). The fourth-order valence-electron chi connectivity index (χ4n) is 1.03. The Balaban J connectivity index is 2.49. The smallest absolute Gasteiger partial charge is 0.187 e. The summed E-state index contributed by atoms with van der Waals surface area (Å²) in [6.07, 6.45) is 1.72. The highest BCUT2D eigenvalue weighted by Crippen LogP contribution is 2.13. The Kier molecular flexibility index (Phi) is 5.42. The summed E-state index contributed by atoms with van der Waals surface area (Å²) < 4.78 is 1.00. The average molecular weight is 300 g/mol. The highest BCUT2D eigenvalue weighted by atomic mass is 79.9. The summed E-state index contributed by atoms with van der Waals surface area (Å²) in [6.45, 7) is 4.04. The topological polar surface area (TPSA) is 36.4 Å². The summed E-state index contributed by atoms with van der Waals surface area (Å²) in [5.41, 5.74) is 3.76. The molecule has 1 aromatic rings. The molecule has 86 valence electrons. The van der Waals surface area contributed by atoms with Crippen molar-refractivity contribution < 1.29 is 0 Å². The molecule has 0 radical (unpaired) electrons. The summed E-state index contributed by atoms with van der Waals surface area (Å²) in [7, 11) is 0. The molecule has 0 amide bonds. The monoisotopic (exact) mass is 299 g/mol. The van der Waals surface area contributed by atoms with Crippen molar-refractivity contribution in [2.75, 3.05) is 0 Å². The van der Waals surface area contributed by atoms with Crippen LogP contribution >= 0.6 is 28.1 Å². The number of nitrogens with one attached hydrogen (secondary N) is 2. The fraction of sp³-hybridized carbons (Fsp3) is 0.273. The van der Waals surface area contributed by atoms with E-state index in [9.17, 15) is 0 Å². The molecule has 1 aromatic carbocycles. The molecule has 0 aliphatic heterocycles. The molecule has 0 aliphatic rings. The molecule has 0 fully saturated rings. The fourth-order valence-corrected chi connectivity index (χ4v) is 1.71. The third-order valence-electron chi connectivity index (χ3n) is 1.69. The van der Waals surface area contributed by atoms with Crippen LogP contribution in [0.2, 0.25) is 0 Å². The van der Waals surface area contributed by atoms with Crippen molar-refractivity contribution in [2.45, 2.75) is 19.9 Å². The number of halogens is 1. The second-order valence-electron chi connectivity index (χ2n) is 3.52. The molecular formula is C11H14BrN3S. The van der Waals surface area contributed by atoms with Gasteiger partial charge in [-0.1, -0.05) is 34.1 Å². The van der Waals surface area contributed by atoms with Crippen molar-refractivity contribution >= 4 is 39.5 Å². The van der Waals surface area contributed by atoms with Crippen LogP contribution in [0.4, 0.5) is 0 Å². The average Bonchev–Trinajstić information content (AvgIpc) is 2.19. The molecule has 2 N–H and O–H groups in total. The predicted molar refractivity (Wildman–Crippen MR) is 75.7 cm³/mol. The van der Waals surface area contributed by atoms with Gasteiger partial charge in [0, 0.05) is 16.1 Å². The molecule has 0 unspecified atom stereocenters. The number of hydrogen-bond donors (Lipinski definition) is 2. The van der Waals surface area contributed by atoms with E-state index in [0.29, 0.717) is 11.2 Å². The van der Waals surface area contributed by atoms with Crippen molar-refractivity contribution in [3.8, 4) is 0 Å². The van der Waals surface area contributed by atoms with E-state index in [-0.39, 0.29) is 0 Å². The molecular weight excluding hydrogens is 286 g/mol. The Morgan fingerprint density at radius 3 is 2.75 bits per heavy atom. The van der Waals surface area contributed by atoms with Gasteiger partial charge in [-0.05, 0) is 32.1 Å². The highest BCUT2D eigenvalue weighted by Gasteiger charge is 1.96. The van der Waals surface area contributed by atoms with Gasteiger partial charge < -0.3 is 5.32 Å². The van der Waals surface area contributed by atoms with Crippen LogP contribution in [-0.2, 0) is 0 Å². The van der Waals surface area contributed by atoms with E-state index >= 15 is 0 Å². The van der Waals surface area contributed by atoms with Crippen LogP contribution in [0.3, 0.4) is 0 Å². The van der Waals surface area contributed by atoms with Crippen molar-refractivity contribution in [3.05, 3.63) is 34.3 Å². The lowest BCUT2D eigenvalue weighted by atomic mass is 10.2. The minimum atomic E-state index is 0.304. The van der Waals surface area contributed by atoms with E-state index in [4.69, 9.17) is 12.2 Å². The Morgan fingerprint density at radius 1 is 1.44 bits per heavy atom. The Labute approximate surface area is 109 Å². The van der Waals surface area contributed by atoms with Gasteiger partial charge in [-0.25, -0.2) is 0 Å². The standard InChI is InChI=1S/C11H14BrN3S/c1-8(2)14-11(16)15-13-7-9-5-3-4-6-10(9)12/h3-8H,1-2H3,(H2,14,15,16)/b13-7-. The van der Waals surface area contributed by atoms with Gasteiger partial charge >= 0.3 is 0 Å². The maximum atomic E-state index is 5.03. The summed E-state index contributed by atoms with van der Waals surface area (Å²) in [5.74, 6) is 0. The van der Waals surface area contributed by atoms with E-state index < -0.39 is 0 Å². The van der Waals surface area contributed by atoms with Crippen LogP contribution in [0.25, 0.3) is 0 Å². The van der Waals surface area contributed by atoms with Gasteiger partial charge in [0.2, 0.25) is 0 Å². The third kappa shape index (κ3) is 4.72. The molecule has 0 spiro atoms. The molecule has 0 saturated carbocycles. The minimum absolute atomic E-state index is 0.304. The Bertz CT molecular complexity index is 391. The molecule has 16 heavy (non-hydrogen) atoms. The summed E-state index contributed by atoms with van der Waals surface area (Å²) in [6, 6.07) is 8.15. The predicted octanol–water partition coefficient (Wildman–Crippen LogP) is 2.66. The van der Waals surface area contributed by atoms with E-state index in [0.717, 1.165) is 10.0 Å². The van der Waals surface area contributed by atoms with E-state index in [1.165, 1.54) is 0 Å².